The van der Waals surface area contributed by atoms with E-state index in [2.05, 4.69) is 10.6 Å². The molecule has 3 amide bonds. The molecule has 1 aliphatic rings. The van der Waals surface area contributed by atoms with E-state index in [1.807, 2.05) is 30.3 Å². The number of aromatic nitrogens is 1. The van der Waals surface area contributed by atoms with Crippen molar-refractivity contribution in [2.45, 2.75) is 57.8 Å². The second-order valence-corrected chi connectivity index (χ2v) is 8.95. The number of benzene rings is 1. The van der Waals surface area contributed by atoms with Crippen molar-refractivity contribution < 1.29 is 34.2 Å². The lowest BCUT2D eigenvalue weighted by Crippen LogP contribution is -2.56. The highest BCUT2D eigenvalue weighted by atomic mass is 16.7. The Morgan fingerprint density at radius 3 is 2.32 bits per heavy atom. The molecule has 0 aliphatic carbocycles. The summed E-state index contributed by atoms with van der Waals surface area (Å²) in [5, 5.41) is 24.5. The van der Waals surface area contributed by atoms with Crippen molar-refractivity contribution in [2.24, 2.45) is 0 Å². The summed E-state index contributed by atoms with van der Waals surface area (Å²) in [7, 11) is 0. The smallest absolute Gasteiger partial charge is 0.433 e. The number of ether oxygens (including phenoxy) is 1. The molecule has 0 radical (unpaired) electrons. The molecule has 1 unspecified atom stereocenters. The fraction of sp³-hybridized carbons (Fsp3) is 0.435. The highest BCUT2D eigenvalue weighted by Gasteiger charge is 2.36. The molecule has 2 atom stereocenters. The molecular weight excluding hydrogens is 444 g/mol. The van der Waals surface area contributed by atoms with Crippen LogP contribution in [0.3, 0.4) is 0 Å². The summed E-state index contributed by atoms with van der Waals surface area (Å²) in [6.07, 6.45) is -1.05. The van der Waals surface area contributed by atoms with Gasteiger partial charge in [0.15, 0.2) is 0 Å². The van der Waals surface area contributed by atoms with Gasteiger partial charge in [-0.2, -0.15) is 0 Å². The van der Waals surface area contributed by atoms with Crippen LogP contribution >= 0.6 is 0 Å². The number of carbonyl (C=O) groups is 3. The number of likely N-dealkylation sites (tertiary alicyclic amines) is 1. The predicted octanol–water partition coefficient (Wildman–Crippen LogP) is 2.12. The summed E-state index contributed by atoms with van der Waals surface area (Å²) in [6.45, 7) is 5.55. The molecule has 0 bridgehead atoms. The van der Waals surface area contributed by atoms with Gasteiger partial charge in [-0.15, -0.1) is 4.73 Å². The zero-order chi connectivity index (χ0) is 24.9. The number of rotatable bonds is 6. The van der Waals surface area contributed by atoms with Crippen LogP contribution < -0.4 is 15.5 Å². The van der Waals surface area contributed by atoms with E-state index in [1.54, 1.807) is 20.8 Å². The number of carbonyl (C=O) groups excluding carboxylic acids is 3. The molecule has 4 N–H and O–H groups in total. The van der Waals surface area contributed by atoms with Gasteiger partial charge in [0, 0.05) is 25.1 Å². The Hall–Kier alpha value is -3.89. The van der Waals surface area contributed by atoms with Crippen molar-refractivity contribution in [1.29, 1.82) is 0 Å². The lowest BCUT2D eigenvalue weighted by atomic mass is 10.0. The van der Waals surface area contributed by atoms with E-state index >= 15 is 0 Å². The van der Waals surface area contributed by atoms with Gasteiger partial charge in [0.25, 0.3) is 0 Å². The minimum absolute atomic E-state index is 0.234. The summed E-state index contributed by atoms with van der Waals surface area (Å²) in [5.74, 6) is -1.31. The van der Waals surface area contributed by atoms with Crippen molar-refractivity contribution in [3.05, 3.63) is 48.0 Å². The average molecular weight is 475 g/mol. The molecule has 11 nitrogen and oxygen atoms in total. The van der Waals surface area contributed by atoms with Crippen LogP contribution in [0.1, 0.15) is 39.2 Å². The molecule has 0 spiro atoms. The number of alkyl carbamates (subject to hydrolysis) is 1. The molecular formula is C23H30N4O7. The average Bonchev–Trinajstić information content (AvgIpc) is 3.33. The van der Waals surface area contributed by atoms with Crippen LogP contribution in [0.4, 0.5) is 9.59 Å². The van der Waals surface area contributed by atoms with Crippen molar-refractivity contribution in [1.82, 2.24) is 20.3 Å². The summed E-state index contributed by atoms with van der Waals surface area (Å²) < 4.78 is 5.88. The maximum atomic E-state index is 13.4. The molecule has 34 heavy (non-hydrogen) atoms. The van der Waals surface area contributed by atoms with E-state index in [0.29, 0.717) is 24.1 Å². The highest BCUT2D eigenvalue weighted by molar-refractivity contribution is 5.87. The first kappa shape index (κ1) is 24.7. The zero-order valence-corrected chi connectivity index (χ0v) is 19.4. The van der Waals surface area contributed by atoms with Crippen LogP contribution in [0.2, 0.25) is 0 Å². The first-order valence-electron chi connectivity index (χ1n) is 11.0. The van der Waals surface area contributed by atoms with Crippen LogP contribution in [0, 0.1) is 0 Å². The first-order valence-corrected chi connectivity index (χ1v) is 11.0. The summed E-state index contributed by atoms with van der Waals surface area (Å²) in [5.41, 5.74) is 0.111. The SMILES string of the molecule is CC(C)(C)OC(=O)N[C@H](Cc1ccccc1)C(=O)N1CCCC1NC(=O)On1c(O)ccc1O. The quantitative estimate of drug-likeness (QED) is 0.502. The normalized spacial score (nSPS) is 16.6. The van der Waals surface area contributed by atoms with Gasteiger partial charge in [-0.1, -0.05) is 30.3 Å². The van der Waals surface area contributed by atoms with Crippen molar-refractivity contribution in [3.63, 3.8) is 0 Å². The van der Waals surface area contributed by atoms with Gasteiger partial charge < -0.3 is 30.0 Å². The number of nitrogens with zero attached hydrogens (tertiary/aromatic N) is 2. The van der Waals surface area contributed by atoms with Crippen LogP contribution in [0.5, 0.6) is 11.8 Å². The number of nitrogens with one attached hydrogen (secondary N) is 2. The van der Waals surface area contributed by atoms with Gasteiger partial charge in [-0.05, 0) is 39.2 Å². The van der Waals surface area contributed by atoms with Gasteiger partial charge in [-0.3, -0.25) is 10.1 Å². The molecule has 1 saturated heterocycles. The molecule has 2 aromatic rings. The van der Waals surface area contributed by atoms with Gasteiger partial charge in [0.1, 0.15) is 17.8 Å². The fourth-order valence-corrected chi connectivity index (χ4v) is 3.62. The van der Waals surface area contributed by atoms with Gasteiger partial charge in [0.2, 0.25) is 17.7 Å². The Labute approximate surface area is 197 Å². The molecule has 0 saturated carbocycles. The Kier molecular flexibility index (Phi) is 7.54. The third-order valence-corrected chi connectivity index (χ3v) is 5.06. The standard InChI is InChI=1S/C23H30N4O7/c1-23(2,3)33-21(31)24-16(14-15-8-5-4-6-9-15)20(30)26-13-7-10-17(26)25-22(32)34-27-18(28)11-12-19(27)29/h4-6,8-9,11-12,16-17,28-29H,7,10,13-14H2,1-3H3,(H,24,31)(H,25,32)/t16-,17?/m1/s1. The maximum Gasteiger partial charge on any atom is 0.433 e. The lowest BCUT2D eigenvalue weighted by molar-refractivity contribution is -0.134. The molecule has 3 rings (SSSR count). The summed E-state index contributed by atoms with van der Waals surface area (Å²) in [6, 6.07) is 10.6. The second kappa shape index (κ2) is 10.4. The fourth-order valence-electron chi connectivity index (χ4n) is 3.62. The largest absolute Gasteiger partial charge is 0.492 e. The third-order valence-electron chi connectivity index (χ3n) is 5.06. The minimum atomic E-state index is -0.966. The Bertz CT molecular complexity index is 997. The molecule has 1 aromatic heterocycles. The number of hydrogen-bond acceptors (Lipinski definition) is 7. The van der Waals surface area contributed by atoms with E-state index in [1.165, 1.54) is 4.90 Å². The van der Waals surface area contributed by atoms with Gasteiger partial charge in [-0.25, -0.2) is 9.59 Å². The predicted molar refractivity (Wildman–Crippen MR) is 121 cm³/mol. The topological polar surface area (TPSA) is 142 Å². The van der Waals surface area contributed by atoms with Crippen molar-refractivity contribution >= 4 is 18.1 Å². The molecule has 1 fully saturated rings. The van der Waals surface area contributed by atoms with Crippen LogP contribution in [0.15, 0.2) is 42.5 Å². The van der Waals surface area contributed by atoms with Crippen molar-refractivity contribution in [3.8, 4) is 11.8 Å². The second-order valence-electron chi connectivity index (χ2n) is 8.95. The minimum Gasteiger partial charge on any atom is -0.492 e. The van der Waals surface area contributed by atoms with Gasteiger partial charge in [0.05, 0.1) is 0 Å². The lowest BCUT2D eigenvalue weighted by Gasteiger charge is -2.30. The molecule has 184 valence electrons. The van der Waals surface area contributed by atoms with Crippen LogP contribution in [-0.2, 0) is 16.0 Å². The van der Waals surface area contributed by atoms with E-state index in [0.717, 1.165) is 17.7 Å². The number of amides is 3. The van der Waals surface area contributed by atoms with Crippen molar-refractivity contribution in [2.75, 3.05) is 6.54 Å². The van der Waals surface area contributed by atoms with E-state index < -0.39 is 41.8 Å². The molecule has 1 aromatic carbocycles. The molecule has 11 heteroatoms. The van der Waals surface area contributed by atoms with E-state index in [4.69, 9.17) is 9.57 Å². The van der Waals surface area contributed by atoms with E-state index in [9.17, 15) is 24.6 Å². The first-order chi connectivity index (χ1) is 16.0. The summed E-state index contributed by atoms with van der Waals surface area (Å²) in [4.78, 5) is 44.6. The molecule has 2 heterocycles. The van der Waals surface area contributed by atoms with Crippen LogP contribution in [-0.4, -0.2) is 62.3 Å². The monoisotopic (exact) mass is 474 g/mol. The molecule has 1 aliphatic heterocycles. The number of aromatic hydroxyl groups is 2. The Morgan fingerprint density at radius 1 is 1.06 bits per heavy atom. The highest BCUT2D eigenvalue weighted by Crippen LogP contribution is 2.20. The zero-order valence-electron chi connectivity index (χ0n) is 19.4. The van der Waals surface area contributed by atoms with E-state index in [-0.39, 0.29) is 12.3 Å². The van der Waals surface area contributed by atoms with Gasteiger partial charge >= 0.3 is 12.2 Å². The summed E-state index contributed by atoms with van der Waals surface area (Å²) >= 11 is 0. The Morgan fingerprint density at radius 2 is 1.71 bits per heavy atom. The number of hydrogen-bond donors (Lipinski definition) is 4. The maximum absolute atomic E-state index is 13.4. The van der Waals surface area contributed by atoms with Crippen LogP contribution in [0.25, 0.3) is 0 Å². The third kappa shape index (κ3) is 6.56. The Balaban J connectivity index is 1.71.